The zero-order valence-corrected chi connectivity index (χ0v) is 19.3. The zero-order chi connectivity index (χ0) is 21.4. The van der Waals surface area contributed by atoms with Gasteiger partial charge in [0.2, 0.25) is 0 Å². The Morgan fingerprint density at radius 1 is 1.24 bits per heavy atom. The van der Waals surface area contributed by atoms with Crippen molar-refractivity contribution in [1.29, 1.82) is 0 Å². The molecule has 0 N–H and O–H groups in total. The molecule has 0 aromatic carbocycles. The van der Waals surface area contributed by atoms with E-state index in [1.807, 2.05) is 53.4 Å². The lowest BCUT2D eigenvalue weighted by molar-refractivity contribution is 0.00578. The number of carbonyl (C=O) groups is 1. The van der Waals surface area contributed by atoms with Crippen molar-refractivity contribution in [1.82, 2.24) is 14.9 Å². The molecule has 2 aliphatic rings. The van der Waals surface area contributed by atoms with Crippen molar-refractivity contribution in [3.63, 3.8) is 0 Å². The summed E-state index contributed by atoms with van der Waals surface area (Å²) in [5.74, 6) is 0.745. The van der Waals surface area contributed by atoms with Crippen molar-refractivity contribution in [3.05, 3.63) is 12.4 Å². The molecule has 0 unspecified atom stereocenters. The number of ether oxygens (including phenoxy) is 1. The third-order valence-electron chi connectivity index (χ3n) is 5.58. The molecule has 7 nitrogen and oxygen atoms in total. The number of carbonyl (C=O) groups excluding carboxylic acids is 1. The van der Waals surface area contributed by atoms with Gasteiger partial charge in [0.15, 0.2) is 5.16 Å². The molecule has 1 aromatic heterocycles. The maximum atomic E-state index is 12.4. The maximum absolute atomic E-state index is 12.4. The molecule has 0 radical (unpaired) electrons. The van der Waals surface area contributed by atoms with Crippen LogP contribution in [0.15, 0.2) is 17.6 Å². The van der Waals surface area contributed by atoms with E-state index < -0.39 is 23.9 Å². The van der Waals surface area contributed by atoms with E-state index >= 15 is 0 Å². The van der Waals surface area contributed by atoms with Crippen LogP contribution in [0.5, 0.6) is 0 Å². The molecule has 2 aliphatic heterocycles. The van der Waals surface area contributed by atoms with E-state index in [0.717, 1.165) is 30.6 Å². The fourth-order valence-electron chi connectivity index (χ4n) is 3.24. The molecule has 160 valence electrons. The van der Waals surface area contributed by atoms with Crippen LogP contribution in [-0.2, 0) is 14.0 Å². The molecule has 1 aromatic rings. The average Bonchev–Trinajstić information content (AvgIpc) is 3.14. The second kappa shape index (κ2) is 8.08. The molecule has 0 saturated carbocycles. The summed E-state index contributed by atoms with van der Waals surface area (Å²) in [5, 5.41) is 0.682. The van der Waals surface area contributed by atoms with Crippen molar-refractivity contribution >= 4 is 30.4 Å². The first kappa shape index (κ1) is 22.4. The van der Waals surface area contributed by atoms with Gasteiger partial charge in [-0.25, -0.2) is 14.8 Å². The van der Waals surface area contributed by atoms with E-state index in [9.17, 15) is 4.79 Å². The van der Waals surface area contributed by atoms with Crippen LogP contribution in [0.4, 0.5) is 4.79 Å². The minimum absolute atomic E-state index is 0.140. The van der Waals surface area contributed by atoms with Crippen LogP contribution in [0.2, 0.25) is 0 Å². The van der Waals surface area contributed by atoms with Gasteiger partial charge in [0.1, 0.15) is 5.60 Å². The lowest BCUT2D eigenvalue weighted by Gasteiger charge is -2.32. The largest absolute Gasteiger partial charge is 0.498 e. The molecule has 0 spiro atoms. The first-order valence-electron chi connectivity index (χ1n) is 10.2. The molecule has 1 amide bonds. The molecule has 29 heavy (non-hydrogen) atoms. The first-order chi connectivity index (χ1) is 13.4. The van der Waals surface area contributed by atoms with E-state index in [4.69, 9.17) is 14.0 Å². The fraction of sp³-hybridized carbons (Fsp3) is 0.750. The molecule has 2 fully saturated rings. The van der Waals surface area contributed by atoms with E-state index in [1.54, 1.807) is 24.2 Å². The van der Waals surface area contributed by atoms with Gasteiger partial charge in [-0.15, -0.1) is 0 Å². The number of nitrogens with zero attached hydrogens (tertiary/aromatic N) is 3. The monoisotopic (exact) mass is 421 g/mol. The second-order valence-electron chi connectivity index (χ2n) is 9.67. The predicted octanol–water partition coefficient (Wildman–Crippen LogP) is 3.27. The van der Waals surface area contributed by atoms with Crippen LogP contribution < -0.4 is 5.46 Å². The lowest BCUT2D eigenvalue weighted by Crippen LogP contribution is -2.41. The Morgan fingerprint density at radius 2 is 1.83 bits per heavy atom. The summed E-state index contributed by atoms with van der Waals surface area (Å²) < 4.78 is 17.6. The Morgan fingerprint density at radius 3 is 2.38 bits per heavy atom. The van der Waals surface area contributed by atoms with Crippen LogP contribution in [0, 0.1) is 0 Å². The summed E-state index contributed by atoms with van der Waals surface area (Å²) in [7, 11) is -0.462. The van der Waals surface area contributed by atoms with Crippen molar-refractivity contribution in [2.45, 2.75) is 89.3 Å². The normalized spacial score (nSPS) is 23.5. The Bertz CT molecular complexity index is 720. The van der Waals surface area contributed by atoms with Crippen LogP contribution in [0.1, 0.15) is 61.3 Å². The van der Waals surface area contributed by atoms with Crippen molar-refractivity contribution in [3.8, 4) is 0 Å². The Kier molecular flexibility index (Phi) is 6.23. The minimum atomic E-state index is -0.482. The van der Waals surface area contributed by atoms with Crippen LogP contribution in [0.25, 0.3) is 0 Å². The highest BCUT2D eigenvalue weighted by atomic mass is 32.2. The summed E-state index contributed by atoms with van der Waals surface area (Å²) in [5.41, 5.74) is -0.453. The van der Waals surface area contributed by atoms with E-state index in [1.165, 1.54) is 0 Å². The molecular formula is C20H32BN3O4S. The van der Waals surface area contributed by atoms with Crippen LogP contribution in [-0.4, -0.2) is 63.2 Å². The number of rotatable bonds is 4. The maximum Gasteiger partial charge on any atom is 0.498 e. The fourth-order valence-corrected chi connectivity index (χ4v) is 4.18. The van der Waals surface area contributed by atoms with Gasteiger partial charge < -0.3 is 18.9 Å². The number of amides is 1. The average molecular weight is 421 g/mol. The topological polar surface area (TPSA) is 73.8 Å². The SMILES string of the molecule is CC(C)(C)OC(=O)N1CCC[C@@H]1CSc1ncc(B2OC(C)(C)C(C)(C)O2)cn1. The highest BCUT2D eigenvalue weighted by molar-refractivity contribution is 7.99. The summed E-state index contributed by atoms with van der Waals surface area (Å²) in [4.78, 5) is 23.2. The number of aromatic nitrogens is 2. The highest BCUT2D eigenvalue weighted by Crippen LogP contribution is 2.36. The summed E-state index contributed by atoms with van der Waals surface area (Å²) in [6.45, 7) is 14.5. The molecule has 0 aliphatic carbocycles. The molecule has 2 saturated heterocycles. The third kappa shape index (κ3) is 5.24. The van der Waals surface area contributed by atoms with Crippen LogP contribution >= 0.6 is 11.8 Å². The zero-order valence-electron chi connectivity index (χ0n) is 18.5. The molecule has 1 atom stereocenters. The van der Waals surface area contributed by atoms with Gasteiger partial charge in [-0.2, -0.15) is 0 Å². The van der Waals surface area contributed by atoms with E-state index in [2.05, 4.69) is 9.97 Å². The molecular weight excluding hydrogens is 389 g/mol. The third-order valence-corrected chi connectivity index (χ3v) is 6.60. The van der Waals surface area contributed by atoms with Gasteiger partial charge in [0.05, 0.1) is 11.2 Å². The van der Waals surface area contributed by atoms with E-state index in [-0.39, 0.29) is 12.1 Å². The van der Waals surface area contributed by atoms with E-state index in [0.29, 0.717) is 5.16 Å². The number of hydrogen-bond acceptors (Lipinski definition) is 7. The number of thioether (sulfide) groups is 1. The van der Waals surface area contributed by atoms with Crippen molar-refractivity contribution in [2.24, 2.45) is 0 Å². The van der Waals surface area contributed by atoms with Crippen molar-refractivity contribution in [2.75, 3.05) is 12.3 Å². The molecule has 9 heteroatoms. The second-order valence-corrected chi connectivity index (χ2v) is 10.7. The van der Waals surface area contributed by atoms with Gasteiger partial charge >= 0.3 is 13.2 Å². The van der Waals surface area contributed by atoms with Crippen LogP contribution in [0.3, 0.4) is 0 Å². The molecule has 3 heterocycles. The van der Waals surface area contributed by atoms with Crippen molar-refractivity contribution < 1.29 is 18.8 Å². The van der Waals surface area contributed by atoms with Gasteiger partial charge in [0.25, 0.3) is 0 Å². The first-order valence-corrected chi connectivity index (χ1v) is 11.2. The van der Waals surface area contributed by atoms with Gasteiger partial charge in [0, 0.05) is 36.2 Å². The highest BCUT2D eigenvalue weighted by Gasteiger charge is 2.52. The van der Waals surface area contributed by atoms with Gasteiger partial charge in [-0.3, -0.25) is 0 Å². The molecule has 3 rings (SSSR count). The standard InChI is InChI=1S/C20H32BN3O4S/c1-18(2,3)26-17(25)24-10-8-9-15(24)13-29-16-22-11-14(12-23-16)21-27-19(4,5)20(6,7)28-21/h11-12,15H,8-10,13H2,1-7H3/t15-/m1/s1. The quantitative estimate of drug-likeness (QED) is 0.420. The Labute approximate surface area is 178 Å². The lowest BCUT2D eigenvalue weighted by atomic mass is 9.81. The predicted molar refractivity (Wildman–Crippen MR) is 114 cm³/mol. The minimum Gasteiger partial charge on any atom is -0.444 e. The number of hydrogen-bond donors (Lipinski definition) is 0. The molecule has 0 bridgehead atoms. The Balaban J connectivity index is 1.56. The summed E-state index contributed by atoms with van der Waals surface area (Å²) in [6.07, 6.45) is 5.25. The smallest absolute Gasteiger partial charge is 0.444 e. The van der Waals surface area contributed by atoms with Gasteiger partial charge in [-0.05, 0) is 61.3 Å². The summed E-state index contributed by atoms with van der Waals surface area (Å²) in [6, 6.07) is 0.140. The summed E-state index contributed by atoms with van der Waals surface area (Å²) >= 11 is 1.55. The van der Waals surface area contributed by atoms with Gasteiger partial charge in [-0.1, -0.05) is 11.8 Å². The Hall–Kier alpha value is -1.32. The number of likely N-dealkylation sites (tertiary alicyclic amines) is 1.